The summed E-state index contributed by atoms with van der Waals surface area (Å²) in [6.45, 7) is 0. The van der Waals surface area contributed by atoms with Crippen LogP contribution in [-0.4, -0.2) is 9.18 Å². The van der Waals surface area contributed by atoms with Crippen LogP contribution in [0.15, 0.2) is 30.5 Å². The SMILES string of the molecule is S=C(S)c1ccc2cc[nH]c2c1. The molecule has 1 aromatic carbocycles. The summed E-state index contributed by atoms with van der Waals surface area (Å²) in [5.74, 6) is 0. The largest absolute Gasteiger partial charge is 0.361 e. The number of rotatable bonds is 1. The Morgan fingerprint density at radius 1 is 1.33 bits per heavy atom. The van der Waals surface area contributed by atoms with Gasteiger partial charge in [0.25, 0.3) is 0 Å². The monoisotopic (exact) mass is 193 g/mol. The van der Waals surface area contributed by atoms with Crippen LogP contribution in [0, 0.1) is 0 Å². The molecular weight excluding hydrogens is 186 g/mol. The number of fused-ring (bicyclic) bond motifs is 1. The summed E-state index contributed by atoms with van der Waals surface area (Å²) in [5, 5.41) is 1.20. The highest BCUT2D eigenvalue weighted by molar-refractivity contribution is 8.11. The predicted octanol–water partition coefficient (Wildman–Crippen LogP) is 2.77. The highest BCUT2D eigenvalue weighted by Gasteiger charge is 1.98. The van der Waals surface area contributed by atoms with Gasteiger partial charge in [0.05, 0.1) is 4.20 Å². The fourth-order valence-electron chi connectivity index (χ4n) is 1.18. The molecule has 2 rings (SSSR count). The van der Waals surface area contributed by atoms with Gasteiger partial charge >= 0.3 is 0 Å². The number of aromatic nitrogens is 1. The lowest BCUT2D eigenvalue weighted by atomic mass is 10.2. The van der Waals surface area contributed by atoms with E-state index < -0.39 is 0 Å². The minimum atomic E-state index is 0.631. The topological polar surface area (TPSA) is 15.8 Å². The normalized spacial score (nSPS) is 10.4. The molecule has 0 aliphatic rings. The number of hydrogen-bond donors (Lipinski definition) is 2. The van der Waals surface area contributed by atoms with Crippen LogP contribution < -0.4 is 0 Å². The van der Waals surface area contributed by atoms with Gasteiger partial charge in [0.1, 0.15) is 0 Å². The zero-order chi connectivity index (χ0) is 8.55. The fraction of sp³-hybridized carbons (Fsp3) is 0. The van der Waals surface area contributed by atoms with Crippen molar-refractivity contribution in [3.05, 3.63) is 36.0 Å². The quantitative estimate of drug-likeness (QED) is 0.525. The minimum absolute atomic E-state index is 0.631. The van der Waals surface area contributed by atoms with Crippen molar-refractivity contribution in [2.45, 2.75) is 0 Å². The van der Waals surface area contributed by atoms with Gasteiger partial charge in [0.2, 0.25) is 0 Å². The molecule has 0 spiro atoms. The highest BCUT2D eigenvalue weighted by atomic mass is 32.1. The Kier molecular flexibility index (Phi) is 1.90. The lowest BCUT2D eigenvalue weighted by molar-refractivity contribution is 1.48. The van der Waals surface area contributed by atoms with Crippen LogP contribution in [-0.2, 0) is 0 Å². The molecule has 1 nitrogen and oxygen atoms in total. The van der Waals surface area contributed by atoms with E-state index in [-0.39, 0.29) is 0 Å². The second-order valence-corrected chi connectivity index (χ2v) is 3.74. The minimum Gasteiger partial charge on any atom is -0.361 e. The van der Waals surface area contributed by atoms with E-state index in [9.17, 15) is 0 Å². The van der Waals surface area contributed by atoms with Crippen molar-refractivity contribution in [2.75, 3.05) is 0 Å². The molecule has 0 fully saturated rings. The Hall–Kier alpha value is -0.800. The maximum Gasteiger partial charge on any atom is 0.0748 e. The van der Waals surface area contributed by atoms with Gasteiger partial charge in [0, 0.05) is 17.3 Å². The molecule has 0 unspecified atom stereocenters. The van der Waals surface area contributed by atoms with Crippen molar-refractivity contribution in [1.82, 2.24) is 4.98 Å². The van der Waals surface area contributed by atoms with Crippen molar-refractivity contribution in [1.29, 1.82) is 0 Å². The number of thiocarbonyl (C=S) groups is 1. The standard InChI is InChI=1S/C9H7NS2/c11-9(12)7-2-1-6-3-4-10-8(6)5-7/h1-5,10H,(H,11,12). The average Bonchev–Trinajstić information content (AvgIpc) is 2.49. The van der Waals surface area contributed by atoms with E-state index in [0.29, 0.717) is 4.20 Å². The highest BCUT2D eigenvalue weighted by Crippen LogP contribution is 2.15. The van der Waals surface area contributed by atoms with Gasteiger partial charge in [-0.25, -0.2) is 0 Å². The summed E-state index contributed by atoms with van der Waals surface area (Å²) < 4.78 is 0.631. The van der Waals surface area contributed by atoms with Gasteiger partial charge < -0.3 is 4.98 Å². The number of benzene rings is 1. The molecule has 12 heavy (non-hydrogen) atoms. The first-order chi connectivity index (χ1) is 5.77. The van der Waals surface area contributed by atoms with Crippen LogP contribution in [0.25, 0.3) is 10.9 Å². The van der Waals surface area contributed by atoms with Gasteiger partial charge in [-0.2, -0.15) is 0 Å². The zero-order valence-electron chi connectivity index (χ0n) is 6.24. The van der Waals surface area contributed by atoms with E-state index in [2.05, 4.69) is 17.6 Å². The van der Waals surface area contributed by atoms with Gasteiger partial charge in [0.15, 0.2) is 0 Å². The number of H-pyrrole nitrogens is 1. The van der Waals surface area contributed by atoms with Crippen LogP contribution in [0.2, 0.25) is 0 Å². The van der Waals surface area contributed by atoms with E-state index >= 15 is 0 Å². The first-order valence-corrected chi connectivity index (χ1v) is 4.43. The number of nitrogens with one attached hydrogen (secondary N) is 1. The molecule has 0 radical (unpaired) electrons. The first-order valence-electron chi connectivity index (χ1n) is 3.58. The molecule has 1 aromatic heterocycles. The molecule has 0 atom stereocenters. The smallest absolute Gasteiger partial charge is 0.0748 e. The Morgan fingerprint density at radius 3 is 2.92 bits per heavy atom. The third-order valence-corrected chi connectivity index (χ3v) is 2.30. The summed E-state index contributed by atoms with van der Waals surface area (Å²) in [6.07, 6.45) is 1.91. The fourth-order valence-corrected chi connectivity index (χ4v) is 1.45. The molecule has 0 saturated heterocycles. The van der Waals surface area contributed by atoms with Crippen molar-refractivity contribution in [3.8, 4) is 0 Å². The third-order valence-electron chi connectivity index (χ3n) is 1.80. The average molecular weight is 193 g/mol. The third kappa shape index (κ3) is 1.26. The van der Waals surface area contributed by atoms with Gasteiger partial charge in [-0.15, -0.1) is 12.6 Å². The van der Waals surface area contributed by atoms with E-state index in [4.69, 9.17) is 12.2 Å². The molecule has 3 heteroatoms. The van der Waals surface area contributed by atoms with E-state index in [1.54, 1.807) is 0 Å². The Morgan fingerprint density at radius 2 is 2.17 bits per heavy atom. The predicted molar refractivity (Wildman–Crippen MR) is 59.0 cm³/mol. The summed E-state index contributed by atoms with van der Waals surface area (Å²) in [7, 11) is 0. The summed E-state index contributed by atoms with van der Waals surface area (Å²) in [5.41, 5.74) is 2.09. The molecule has 2 aromatic rings. The number of thiol groups is 1. The maximum atomic E-state index is 4.95. The molecule has 0 amide bonds. The van der Waals surface area contributed by atoms with Crippen LogP contribution in [0.3, 0.4) is 0 Å². The molecule has 1 N–H and O–H groups in total. The van der Waals surface area contributed by atoms with Crippen molar-refractivity contribution < 1.29 is 0 Å². The van der Waals surface area contributed by atoms with E-state index in [1.165, 1.54) is 5.39 Å². The maximum absolute atomic E-state index is 4.95. The molecule has 0 aliphatic carbocycles. The van der Waals surface area contributed by atoms with E-state index in [1.807, 2.05) is 30.5 Å². The number of aromatic amines is 1. The molecular formula is C9H7NS2. The van der Waals surface area contributed by atoms with Gasteiger partial charge in [-0.3, -0.25) is 0 Å². The zero-order valence-corrected chi connectivity index (χ0v) is 7.95. The Bertz CT molecular complexity index is 431. The Labute approximate surface area is 81.2 Å². The van der Waals surface area contributed by atoms with Crippen LogP contribution in [0.4, 0.5) is 0 Å². The lowest BCUT2D eigenvalue weighted by Gasteiger charge is -1.96. The van der Waals surface area contributed by atoms with Gasteiger partial charge in [-0.1, -0.05) is 24.4 Å². The number of hydrogen-bond acceptors (Lipinski definition) is 1. The molecule has 1 heterocycles. The summed E-state index contributed by atoms with van der Waals surface area (Å²) in [6, 6.07) is 8.04. The first kappa shape index (κ1) is 7.83. The van der Waals surface area contributed by atoms with Crippen molar-refractivity contribution in [3.63, 3.8) is 0 Å². The van der Waals surface area contributed by atoms with Crippen LogP contribution in [0.1, 0.15) is 5.56 Å². The molecule has 0 bridgehead atoms. The second kappa shape index (κ2) is 2.92. The molecule has 0 aliphatic heterocycles. The van der Waals surface area contributed by atoms with Crippen LogP contribution in [0.5, 0.6) is 0 Å². The Balaban J connectivity index is 2.68. The summed E-state index contributed by atoms with van der Waals surface area (Å²) in [4.78, 5) is 3.12. The van der Waals surface area contributed by atoms with Crippen molar-refractivity contribution in [2.24, 2.45) is 0 Å². The summed E-state index contributed by atoms with van der Waals surface area (Å²) >= 11 is 9.06. The van der Waals surface area contributed by atoms with E-state index in [0.717, 1.165) is 11.1 Å². The van der Waals surface area contributed by atoms with Crippen LogP contribution >= 0.6 is 24.8 Å². The van der Waals surface area contributed by atoms with Crippen molar-refractivity contribution >= 4 is 39.9 Å². The molecule has 60 valence electrons. The molecule has 0 saturated carbocycles. The lowest BCUT2D eigenvalue weighted by Crippen LogP contribution is -1.85. The van der Waals surface area contributed by atoms with Gasteiger partial charge in [-0.05, 0) is 17.5 Å². The second-order valence-electron chi connectivity index (χ2n) is 2.58.